The number of fused-ring (bicyclic) bond motifs is 1. The van der Waals surface area contributed by atoms with Gasteiger partial charge in [0.05, 0.1) is 23.7 Å². The van der Waals surface area contributed by atoms with E-state index >= 15 is 0 Å². The highest BCUT2D eigenvalue weighted by Gasteiger charge is 2.60. The van der Waals surface area contributed by atoms with Gasteiger partial charge < -0.3 is 24.6 Å². The third kappa shape index (κ3) is 3.66. The van der Waals surface area contributed by atoms with Crippen LogP contribution in [0.3, 0.4) is 0 Å². The number of carbonyl (C=O) groups excluding carboxylic acids is 3. The Labute approximate surface area is 166 Å². The Bertz CT molecular complexity index is 902. The number of esters is 2. The number of amides is 1. The minimum Gasteiger partial charge on any atom is -0.454 e. The zero-order chi connectivity index (χ0) is 20.4. The topological polar surface area (TPSA) is 111 Å². The molecule has 0 unspecified atom stereocenters. The SMILES string of the molecule is O=C1N[C@@H]2[C@@H](OC(=O)c3ccccc3)[C@H](OC(=O)c3ccccc3)[C@@H](CO)[C@@H]2O1. The van der Waals surface area contributed by atoms with Gasteiger partial charge in [-0.3, -0.25) is 0 Å². The molecule has 150 valence electrons. The highest BCUT2D eigenvalue weighted by Crippen LogP contribution is 2.37. The van der Waals surface area contributed by atoms with Crippen molar-refractivity contribution in [3.05, 3.63) is 71.8 Å². The van der Waals surface area contributed by atoms with E-state index < -0.39 is 54.9 Å². The van der Waals surface area contributed by atoms with Crippen molar-refractivity contribution in [1.82, 2.24) is 5.32 Å². The van der Waals surface area contributed by atoms with E-state index in [0.717, 1.165) is 0 Å². The average Bonchev–Trinajstić information content (AvgIpc) is 3.24. The normalized spacial score (nSPS) is 27.5. The molecular formula is C21H19NO7. The lowest BCUT2D eigenvalue weighted by Gasteiger charge is -2.26. The lowest BCUT2D eigenvalue weighted by Crippen LogP contribution is -2.45. The first-order chi connectivity index (χ1) is 14.1. The molecule has 1 aliphatic heterocycles. The summed E-state index contributed by atoms with van der Waals surface area (Å²) in [7, 11) is 0. The van der Waals surface area contributed by atoms with Crippen molar-refractivity contribution in [3.8, 4) is 0 Å². The van der Waals surface area contributed by atoms with Crippen LogP contribution in [0, 0.1) is 5.92 Å². The van der Waals surface area contributed by atoms with E-state index in [0.29, 0.717) is 11.1 Å². The van der Waals surface area contributed by atoms with Gasteiger partial charge in [0.2, 0.25) is 0 Å². The number of ether oxygens (including phenoxy) is 3. The van der Waals surface area contributed by atoms with Crippen LogP contribution in [-0.2, 0) is 14.2 Å². The van der Waals surface area contributed by atoms with E-state index in [2.05, 4.69) is 5.32 Å². The van der Waals surface area contributed by atoms with Gasteiger partial charge in [0.15, 0.2) is 6.10 Å². The van der Waals surface area contributed by atoms with Crippen LogP contribution in [0.2, 0.25) is 0 Å². The second kappa shape index (κ2) is 7.92. The number of rotatable bonds is 5. The van der Waals surface area contributed by atoms with Gasteiger partial charge in [0, 0.05) is 0 Å². The lowest BCUT2D eigenvalue weighted by atomic mass is 10.0. The monoisotopic (exact) mass is 397 g/mol. The van der Waals surface area contributed by atoms with Crippen LogP contribution in [0.25, 0.3) is 0 Å². The summed E-state index contributed by atoms with van der Waals surface area (Å²) in [4.78, 5) is 36.9. The van der Waals surface area contributed by atoms with Gasteiger partial charge in [0.25, 0.3) is 0 Å². The second-order valence-corrected chi connectivity index (χ2v) is 6.86. The van der Waals surface area contributed by atoms with Crippen molar-refractivity contribution in [2.45, 2.75) is 24.4 Å². The van der Waals surface area contributed by atoms with Gasteiger partial charge in [-0.2, -0.15) is 0 Å². The minimum atomic E-state index is -1.01. The van der Waals surface area contributed by atoms with Crippen molar-refractivity contribution >= 4 is 18.0 Å². The van der Waals surface area contributed by atoms with Crippen molar-refractivity contribution in [3.63, 3.8) is 0 Å². The van der Waals surface area contributed by atoms with E-state index in [4.69, 9.17) is 14.2 Å². The van der Waals surface area contributed by atoms with Gasteiger partial charge in [-0.1, -0.05) is 36.4 Å². The Morgan fingerprint density at radius 1 is 0.897 bits per heavy atom. The predicted octanol–water partition coefficient (Wildman–Crippen LogP) is 1.54. The molecule has 0 bridgehead atoms. The number of hydrogen-bond donors (Lipinski definition) is 2. The fraction of sp³-hybridized carbons (Fsp3) is 0.286. The summed E-state index contributed by atoms with van der Waals surface area (Å²) in [6, 6.07) is 15.9. The first-order valence-electron chi connectivity index (χ1n) is 9.18. The van der Waals surface area contributed by atoms with Crippen molar-refractivity contribution < 1.29 is 33.7 Å². The Morgan fingerprint density at radius 3 is 1.93 bits per heavy atom. The molecule has 1 saturated carbocycles. The summed E-state index contributed by atoms with van der Waals surface area (Å²) >= 11 is 0. The molecule has 1 saturated heterocycles. The maximum Gasteiger partial charge on any atom is 0.407 e. The van der Waals surface area contributed by atoms with E-state index in [1.54, 1.807) is 60.7 Å². The quantitative estimate of drug-likeness (QED) is 0.581. The lowest BCUT2D eigenvalue weighted by molar-refractivity contribution is -0.0497. The molecule has 8 nitrogen and oxygen atoms in total. The van der Waals surface area contributed by atoms with Gasteiger partial charge in [0.1, 0.15) is 18.2 Å². The first kappa shape index (κ1) is 18.9. The fourth-order valence-corrected chi connectivity index (χ4v) is 3.74. The Morgan fingerprint density at radius 2 is 1.41 bits per heavy atom. The van der Waals surface area contributed by atoms with E-state index in [-0.39, 0.29) is 0 Å². The number of benzene rings is 2. The largest absolute Gasteiger partial charge is 0.454 e. The van der Waals surface area contributed by atoms with Gasteiger partial charge in [-0.15, -0.1) is 0 Å². The molecule has 2 aromatic rings. The molecule has 1 aliphatic carbocycles. The van der Waals surface area contributed by atoms with Crippen LogP contribution >= 0.6 is 0 Å². The average molecular weight is 397 g/mol. The summed E-state index contributed by atoms with van der Waals surface area (Å²) in [5.41, 5.74) is 0.634. The summed E-state index contributed by atoms with van der Waals surface area (Å²) in [6.45, 7) is -0.414. The van der Waals surface area contributed by atoms with Crippen LogP contribution < -0.4 is 5.32 Å². The molecule has 0 radical (unpaired) electrons. The Balaban J connectivity index is 1.60. The number of hydrogen-bond acceptors (Lipinski definition) is 7. The van der Waals surface area contributed by atoms with Crippen LogP contribution in [0.1, 0.15) is 20.7 Å². The summed E-state index contributed by atoms with van der Waals surface area (Å²) in [6.07, 6.45) is -3.46. The molecule has 0 aromatic heterocycles. The molecule has 1 amide bonds. The molecule has 1 heterocycles. The van der Waals surface area contributed by atoms with Crippen molar-refractivity contribution in [2.24, 2.45) is 5.92 Å². The summed E-state index contributed by atoms with van der Waals surface area (Å²) < 4.78 is 16.5. The number of aliphatic hydroxyl groups excluding tert-OH is 1. The third-order valence-corrected chi connectivity index (χ3v) is 5.12. The number of alkyl carbamates (subject to hydrolysis) is 1. The van der Waals surface area contributed by atoms with Crippen LogP contribution in [-0.4, -0.2) is 54.1 Å². The van der Waals surface area contributed by atoms with Crippen molar-refractivity contribution in [2.75, 3.05) is 6.61 Å². The molecular weight excluding hydrogens is 378 g/mol. The summed E-state index contributed by atoms with van der Waals surface area (Å²) in [5.74, 6) is -1.99. The summed E-state index contributed by atoms with van der Waals surface area (Å²) in [5, 5.41) is 12.5. The molecule has 8 heteroatoms. The third-order valence-electron chi connectivity index (χ3n) is 5.12. The molecule has 2 N–H and O–H groups in total. The smallest absolute Gasteiger partial charge is 0.407 e. The number of aliphatic hydroxyl groups is 1. The highest BCUT2D eigenvalue weighted by molar-refractivity contribution is 5.90. The molecule has 2 aromatic carbocycles. The molecule has 2 fully saturated rings. The molecule has 2 aliphatic rings. The standard InChI is InChI=1S/C21H19NO7/c23-11-14-16-15(22-21(26)29-16)18(28-20(25)13-9-5-2-6-10-13)17(14)27-19(24)12-7-3-1-4-8-12/h1-10,14-18,23H,11H2,(H,22,26)/t14-,15-,16-,17+,18+/m0/s1. The van der Waals surface area contributed by atoms with E-state index in [1.165, 1.54) is 0 Å². The van der Waals surface area contributed by atoms with Gasteiger partial charge in [-0.05, 0) is 24.3 Å². The molecule has 0 spiro atoms. The maximum absolute atomic E-state index is 12.6. The Hall–Kier alpha value is -3.39. The zero-order valence-electron chi connectivity index (χ0n) is 15.3. The molecule has 29 heavy (non-hydrogen) atoms. The van der Waals surface area contributed by atoms with E-state index in [1.807, 2.05) is 0 Å². The van der Waals surface area contributed by atoms with Crippen LogP contribution in [0.5, 0.6) is 0 Å². The van der Waals surface area contributed by atoms with Gasteiger partial charge in [-0.25, -0.2) is 14.4 Å². The van der Waals surface area contributed by atoms with Gasteiger partial charge >= 0.3 is 18.0 Å². The molecule has 5 atom stereocenters. The first-order valence-corrected chi connectivity index (χ1v) is 9.18. The van der Waals surface area contributed by atoms with Crippen molar-refractivity contribution in [1.29, 1.82) is 0 Å². The maximum atomic E-state index is 12.6. The number of nitrogens with one attached hydrogen (secondary N) is 1. The second-order valence-electron chi connectivity index (χ2n) is 6.86. The highest BCUT2D eigenvalue weighted by atomic mass is 16.6. The van der Waals surface area contributed by atoms with Crippen LogP contribution in [0.4, 0.5) is 4.79 Å². The number of carbonyl (C=O) groups is 3. The van der Waals surface area contributed by atoms with E-state index in [9.17, 15) is 19.5 Å². The fourth-order valence-electron chi connectivity index (χ4n) is 3.74. The molecule has 4 rings (SSSR count). The predicted molar refractivity (Wildman–Crippen MR) is 99.1 cm³/mol. The zero-order valence-corrected chi connectivity index (χ0v) is 15.3. The Kier molecular flexibility index (Phi) is 5.18. The minimum absolute atomic E-state index is 0.315. The van der Waals surface area contributed by atoms with Crippen LogP contribution in [0.15, 0.2) is 60.7 Å².